The molecule has 0 radical (unpaired) electrons. The lowest BCUT2D eigenvalue weighted by Crippen LogP contribution is -2.40. The molecule has 2 unspecified atom stereocenters. The van der Waals surface area contributed by atoms with E-state index in [1.54, 1.807) is 0 Å². The number of amides is 1. The summed E-state index contributed by atoms with van der Waals surface area (Å²) >= 11 is 0. The summed E-state index contributed by atoms with van der Waals surface area (Å²) in [5.41, 5.74) is 5.45. The molecule has 2 atom stereocenters. The second-order valence-electron chi connectivity index (χ2n) is 11.9. The van der Waals surface area contributed by atoms with Gasteiger partial charge >= 0.3 is 11.9 Å². The average molecular weight is 583 g/mol. The highest BCUT2D eigenvalue weighted by atomic mass is 16.5. The quantitative estimate of drug-likeness (QED) is 0.0556. The summed E-state index contributed by atoms with van der Waals surface area (Å²) in [6.45, 7) is 4.90. The molecular weight excluding hydrogens is 516 g/mol. The molecule has 0 saturated heterocycles. The number of unbranched alkanes of at least 4 members (excludes halogenated alkanes) is 17. The summed E-state index contributed by atoms with van der Waals surface area (Å²) in [5, 5.41) is 11.9. The van der Waals surface area contributed by atoms with Gasteiger partial charge in [0.15, 0.2) is 0 Å². The zero-order chi connectivity index (χ0) is 30.4. The normalized spacial score (nSPS) is 12.7. The summed E-state index contributed by atoms with van der Waals surface area (Å²) in [7, 11) is 0. The first kappa shape index (κ1) is 39.4. The number of nitrogens with two attached hydrogens (primary N) is 1. The van der Waals surface area contributed by atoms with Crippen LogP contribution in [0.3, 0.4) is 0 Å². The van der Waals surface area contributed by atoms with Crippen LogP contribution in [-0.2, 0) is 19.1 Å². The Kier molecular flexibility index (Phi) is 28.7. The number of rotatable bonds is 31. The van der Waals surface area contributed by atoms with Crippen LogP contribution >= 0.6 is 0 Å². The largest absolute Gasteiger partial charge is 0.480 e. The van der Waals surface area contributed by atoms with E-state index in [1.165, 1.54) is 77.0 Å². The second-order valence-corrected chi connectivity index (χ2v) is 11.9. The van der Waals surface area contributed by atoms with Crippen molar-refractivity contribution >= 4 is 17.8 Å². The molecule has 0 spiro atoms. The van der Waals surface area contributed by atoms with Crippen molar-refractivity contribution in [2.45, 2.75) is 193 Å². The standard InChI is InChI=1S/C34H66N2O5/c1-3-5-7-9-11-13-18-22-28-33(38)41-30(24-19-15-12-10-8-6-4-2)25-20-16-14-17-21-27-32(37)36-31(34(39)40)26-23-29-35/h30-31H,3-29,35H2,1-2H3,(H,36,37)(H,39,40). The number of hydrogen-bond acceptors (Lipinski definition) is 5. The predicted octanol–water partition coefficient (Wildman–Crippen LogP) is 8.61. The maximum Gasteiger partial charge on any atom is 0.326 e. The van der Waals surface area contributed by atoms with E-state index >= 15 is 0 Å². The third kappa shape index (κ3) is 27.0. The first-order valence-corrected chi connectivity index (χ1v) is 17.4. The third-order valence-electron chi connectivity index (χ3n) is 7.92. The van der Waals surface area contributed by atoms with Crippen molar-refractivity contribution in [3.8, 4) is 0 Å². The van der Waals surface area contributed by atoms with Gasteiger partial charge in [0.1, 0.15) is 12.1 Å². The summed E-state index contributed by atoms with van der Waals surface area (Å²) in [5.74, 6) is -1.23. The van der Waals surface area contributed by atoms with Gasteiger partial charge in [0.2, 0.25) is 5.91 Å². The van der Waals surface area contributed by atoms with Gasteiger partial charge in [0.25, 0.3) is 0 Å². The van der Waals surface area contributed by atoms with Crippen LogP contribution in [0.5, 0.6) is 0 Å². The number of carbonyl (C=O) groups is 3. The van der Waals surface area contributed by atoms with E-state index < -0.39 is 12.0 Å². The summed E-state index contributed by atoms with van der Waals surface area (Å²) in [6, 6.07) is -0.849. The molecule has 0 bridgehead atoms. The minimum absolute atomic E-state index is 0.0268. The highest BCUT2D eigenvalue weighted by Gasteiger charge is 2.19. The van der Waals surface area contributed by atoms with Crippen molar-refractivity contribution in [1.82, 2.24) is 5.32 Å². The second kappa shape index (κ2) is 29.8. The minimum Gasteiger partial charge on any atom is -0.480 e. The van der Waals surface area contributed by atoms with Gasteiger partial charge in [-0.05, 0) is 57.9 Å². The van der Waals surface area contributed by atoms with Gasteiger partial charge in [-0.1, -0.05) is 117 Å². The van der Waals surface area contributed by atoms with Gasteiger partial charge in [0.05, 0.1) is 0 Å². The molecule has 0 fully saturated rings. The smallest absolute Gasteiger partial charge is 0.326 e. The number of carboxylic acid groups (broad SMARTS) is 1. The van der Waals surface area contributed by atoms with Crippen molar-refractivity contribution < 1.29 is 24.2 Å². The fourth-order valence-corrected chi connectivity index (χ4v) is 5.27. The number of hydrogen-bond donors (Lipinski definition) is 3. The summed E-state index contributed by atoms with van der Waals surface area (Å²) in [6.07, 6.45) is 27.2. The maximum atomic E-state index is 12.5. The Labute approximate surface area is 252 Å². The lowest BCUT2D eigenvalue weighted by molar-refractivity contribution is -0.150. The first-order valence-electron chi connectivity index (χ1n) is 17.4. The molecule has 0 aliphatic rings. The van der Waals surface area contributed by atoms with Crippen molar-refractivity contribution in [3.05, 3.63) is 0 Å². The Hall–Kier alpha value is -1.63. The Morgan fingerprint density at radius 2 is 1.05 bits per heavy atom. The molecule has 4 N–H and O–H groups in total. The van der Waals surface area contributed by atoms with Crippen molar-refractivity contribution in [2.75, 3.05) is 6.54 Å². The molecular formula is C34H66N2O5. The topological polar surface area (TPSA) is 119 Å². The van der Waals surface area contributed by atoms with Crippen LogP contribution in [0.15, 0.2) is 0 Å². The van der Waals surface area contributed by atoms with Crippen LogP contribution in [0.2, 0.25) is 0 Å². The Morgan fingerprint density at radius 3 is 1.51 bits per heavy atom. The molecule has 41 heavy (non-hydrogen) atoms. The van der Waals surface area contributed by atoms with Crippen LogP contribution in [0, 0.1) is 0 Å². The van der Waals surface area contributed by atoms with Gasteiger partial charge in [-0.25, -0.2) is 4.79 Å². The van der Waals surface area contributed by atoms with E-state index in [-0.39, 0.29) is 18.0 Å². The molecule has 0 aromatic rings. The van der Waals surface area contributed by atoms with E-state index in [1.807, 2.05) is 0 Å². The van der Waals surface area contributed by atoms with E-state index in [9.17, 15) is 19.5 Å². The zero-order valence-corrected chi connectivity index (χ0v) is 26.9. The van der Waals surface area contributed by atoms with Gasteiger partial charge in [-0.2, -0.15) is 0 Å². The maximum absolute atomic E-state index is 12.5. The summed E-state index contributed by atoms with van der Waals surface area (Å²) < 4.78 is 5.95. The van der Waals surface area contributed by atoms with Gasteiger partial charge < -0.3 is 20.9 Å². The number of esters is 1. The molecule has 0 saturated carbocycles. The third-order valence-corrected chi connectivity index (χ3v) is 7.92. The Morgan fingerprint density at radius 1 is 0.610 bits per heavy atom. The van der Waals surface area contributed by atoms with Gasteiger partial charge in [0, 0.05) is 12.8 Å². The fourth-order valence-electron chi connectivity index (χ4n) is 5.27. The number of carboxylic acids is 1. The monoisotopic (exact) mass is 582 g/mol. The van der Waals surface area contributed by atoms with Gasteiger partial charge in [-0.15, -0.1) is 0 Å². The van der Waals surface area contributed by atoms with Crippen LogP contribution in [0.4, 0.5) is 0 Å². The molecule has 0 rings (SSSR count). The Balaban J connectivity index is 4.23. The number of carbonyl (C=O) groups excluding carboxylic acids is 2. The molecule has 1 amide bonds. The highest BCUT2D eigenvalue weighted by Crippen LogP contribution is 2.18. The Bertz CT molecular complexity index is 628. The van der Waals surface area contributed by atoms with E-state index in [0.717, 1.165) is 64.2 Å². The minimum atomic E-state index is -1.00. The number of ether oxygens (including phenoxy) is 1. The van der Waals surface area contributed by atoms with E-state index in [4.69, 9.17) is 10.5 Å². The van der Waals surface area contributed by atoms with E-state index in [2.05, 4.69) is 19.2 Å². The van der Waals surface area contributed by atoms with Crippen LogP contribution in [-0.4, -0.2) is 41.6 Å². The zero-order valence-electron chi connectivity index (χ0n) is 26.9. The first-order chi connectivity index (χ1) is 19.9. The molecule has 0 aliphatic carbocycles. The number of aliphatic carboxylic acids is 1. The lowest BCUT2D eigenvalue weighted by Gasteiger charge is -2.18. The average Bonchev–Trinajstić information content (AvgIpc) is 2.95. The van der Waals surface area contributed by atoms with Crippen LogP contribution in [0.1, 0.15) is 181 Å². The molecule has 0 aromatic carbocycles. The molecule has 242 valence electrons. The van der Waals surface area contributed by atoms with E-state index in [0.29, 0.717) is 32.2 Å². The molecule has 0 aliphatic heterocycles. The fraction of sp³-hybridized carbons (Fsp3) is 0.912. The van der Waals surface area contributed by atoms with Crippen LogP contribution < -0.4 is 11.1 Å². The van der Waals surface area contributed by atoms with Crippen LogP contribution in [0.25, 0.3) is 0 Å². The number of nitrogens with one attached hydrogen (secondary N) is 1. The predicted molar refractivity (Wildman–Crippen MR) is 170 cm³/mol. The van der Waals surface area contributed by atoms with Crippen molar-refractivity contribution in [1.29, 1.82) is 0 Å². The van der Waals surface area contributed by atoms with Gasteiger partial charge in [-0.3, -0.25) is 9.59 Å². The molecule has 0 aromatic heterocycles. The molecule has 0 heterocycles. The summed E-state index contributed by atoms with van der Waals surface area (Å²) in [4.78, 5) is 35.9. The highest BCUT2D eigenvalue weighted by molar-refractivity contribution is 5.83. The molecule has 7 heteroatoms. The SMILES string of the molecule is CCCCCCCCCCC(=O)OC(CCCCCCCCC)CCCCCCCC(=O)NC(CCCN)C(=O)O. The van der Waals surface area contributed by atoms with Crippen molar-refractivity contribution in [2.24, 2.45) is 5.73 Å². The lowest BCUT2D eigenvalue weighted by atomic mass is 10.0. The van der Waals surface area contributed by atoms with Crippen molar-refractivity contribution in [3.63, 3.8) is 0 Å². The molecule has 7 nitrogen and oxygen atoms in total.